The van der Waals surface area contributed by atoms with Crippen LogP contribution in [0.2, 0.25) is 5.02 Å². The fraction of sp³-hybridized carbons (Fsp3) is 0.200. The zero-order valence-electron chi connectivity index (χ0n) is 30.8. The Bertz CT molecular complexity index is 2470. The number of tetrazole rings is 1. The number of nitrogens with one attached hydrogen (secondary N) is 2. The maximum Gasteiger partial charge on any atom is 0.417 e. The van der Waals surface area contributed by atoms with Gasteiger partial charge in [-0.05, 0) is 103 Å². The maximum atomic E-state index is 14.2. The van der Waals surface area contributed by atoms with Crippen LogP contribution in [0, 0.1) is 0 Å². The highest BCUT2D eigenvalue weighted by atomic mass is 35.5. The van der Waals surface area contributed by atoms with Gasteiger partial charge in [-0.25, -0.2) is 9.59 Å². The number of aromatic nitrogens is 4. The van der Waals surface area contributed by atoms with E-state index in [4.69, 9.17) is 25.5 Å². The van der Waals surface area contributed by atoms with E-state index in [-0.39, 0.29) is 25.3 Å². The number of hydrogen-bond donors (Lipinski definition) is 2. The van der Waals surface area contributed by atoms with Crippen molar-refractivity contribution in [2.75, 3.05) is 28.6 Å². The highest BCUT2D eigenvalue weighted by Crippen LogP contribution is 2.31. The first-order valence-electron chi connectivity index (χ1n) is 17.7. The molecule has 2 aromatic heterocycles. The van der Waals surface area contributed by atoms with E-state index in [1.165, 1.54) is 32.9 Å². The number of para-hydroxylation sites is 1. The Morgan fingerprint density at radius 3 is 2.33 bits per heavy atom. The van der Waals surface area contributed by atoms with Crippen molar-refractivity contribution in [2.24, 2.45) is 0 Å². The van der Waals surface area contributed by atoms with Gasteiger partial charge in [-0.15, -0.1) is 5.10 Å². The summed E-state index contributed by atoms with van der Waals surface area (Å²) in [5.41, 5.74) is 1.80. The number of carbonyl (C=O) groups is 5. The van der Waals surface area contributed by atoms with Crippen molar-refractivity contribution in [3.05, 3.63) is 120 Å². The Labute approximate surface area is 330 Å². The summed E-state index contributed by atoms with van der Waals surface area (Å²) >= 11 is 6.32. The molecule has 16 nitrogen and oxygen atoms in total. The van der Waals surface area contributed by atoms with Crippen molar-refractivity contribution in [1.29, 1.82) is 0 Å². The topological polar surface area (TPSA) is 191 Å². The SMILES string of the molecule is CC(C)(C)OC(=O)c1cc2cc(NC(=O)C(Cc3ccc(NC(=O)Oc4ccccc4)cc3)N3CCN(c4cc(Cl)ccc4-n4cnnn4)C(=O)C3=O)ccc2o1. The van der Waals surface area contributed by atoms with Gasteiger partial charge in [0.25, 0.3) is 0 Å². The van der Waals surface area contributed by atoms with E-state index in [1.54, 1.807) is 106 Å². The molecule has 1 aliphatic heterocycles. The molecule has 1 unspecified atom stereocenters. The fourth-order valence-electron chi connectivity index (χ4n) is 6.16. The smallest absolute Gasteiger partial charge is 0.417 e. The molecule has 57 heavy (non-hydrogen) atoms. The highest BCUT2D eigenvalue weighted by molar-refractivity contribution is 6.41. The number of piperazine rings is 1. The second kappa shape index (κ2) is 16.0. The van der Waals surface area contributed by atoms with Crippen molar-refractivity contribution in [3.8, 4) is 11.4 Å². The molecule has 1 fully saturated rings. The van der Waals surface area contributed by atoms with Crippen LogP contribution in [0.4, 0.5) is 21.9 Å². The van der Waals surface area contributed by atoms with Gasteiger partial charge in [0.15, 0.2) is 0 Å². The molecule has 0 radical (unpaired) electrons. The fourth-order valence-corrected chi connectivity index (χ4v) is 6.33. The maximum absolute atomic E-state index is 14.2. The zero-order valence-corrected chi connectivity index (χ0v) is 31.6. The third-order valence-electron chi connectivity index (χ3n) is 8.72. The number of halogens is 1. The lowest BCUT2D eigenvalue weighted by Gasteiger charge is -2.38. The number of furan rings is 1. The minimum atomic E-state index is -1.17. The Morgan fingerprint density at radius 2 is 1.61 bits per heavy atom. The molecule has 0 aliphatic carbocycles. The van der Waals surface area contributed by atoms with E-state index in [1.807, 2.05) is 0 Å². The number of amides is 4. The number of carbonyl (C=O) groups excluding carboxylic acids is 5. The van der Waals surface area contributed by atoms with Gasteiger partial charge in [0, 0.05) is 41.3 Å². The Kier molecular flexibility index (Phi) is 10.7. The zero-order chi connectivity index (χ0) is 40.3. The van der Waals surface area contributed by atoms with Crippen LogP contribution in [0.1, 0.15) is 36.9 Å². The average Bonchev–Trinajstić information content (AvgIpc) is 3.87. The van der Waals surface area contributed by atoms with Crippen LogP contribution in [0.5, 0.6) is 5.75 Å². The Balaban J connectivity index is 1.13. The van der Waals surface area contributed by atoms with E-state index in [9.17, 15) is 24.0 Å². The molecule has 4 aromatic carbocycles. The molecular weight excluding hydrogens is 756 g/mol. The van der Waals surface area contributed by atoms with E-state index < -0.39 is 41.4 Å². The van der Waals surface area contributed by atoms with Gasteiger partial charge in [-0.2, -0.15) is 4.68 Å². The molecule has 1 atom stereocenters. The third kappa shape index (κ3) is 8.92. The molecule has 290 valence electrons. The second-order valence-electron chi connectivity index (χ2n) is 13.9. The normalized spacial score (nSPS) is 13.7. The molecule has 6 aromatic rings. The van der Waals surface area contributed by atoms with Gasteiger partial charge in [0.2, 0.25) is 11.7 Å². The quantitative estimate of drug-likeness (QED) is 0.121. The van der Waals surface area contributed by atoms with Crippen LogP contribution in [0.15, 0.2) is 108 Å². The summed E-state index contributed by atoms with van der Waals surface area (Å²) in [6.07, 6.45) is 0.662. The first-order valence-corrected chi connectivity index (χ1v) is 18.0. The van der Waals surface area contributed by atoms with Crippen molar-refractivity contribution in [3.63, 3.8) is 0 Å². The van der Waals surface area contributed by atoms with Crippen LogP contribution in [-0.4, -0.2) is 79.6 Å². The number of esters is 1. The molecule has 7 rings (SSSR count). The summed E-state index contributed by atoms with van der Waals surface area (Å²) in [6, 6.07) is 25.2. The van der Waals surface area contributed by atoms with Crippen LogP contribution in [0.3, 0.4) is 0 Å². The summed E-state index contributed by atoms with van der Waals surface area (Å²) < 4.78 is 17.8. The monoisotopic (exact) mass is 790 g/mol. The van der Waals surface area contributed by atoms with Gasteiger partial charge in [-0.3, -0.25) is 19.7 Å². The van der Waals surface area contributed by atoms with Gasteiger partial charge in [0.05, 0.1) is 11.4 Å². The number of rotatable bonds is 10. The molecule has 3 heterocycles. The predicted octanol–water partition coefficient (Wildman–Crippen LogP) is 6.05. The largest absolute Gasteiger partial charge is 0.454 e. The second-order valence-corrected chi connectivity index (χ2v) is 14.4. The van der Waals surface area contributed by atoms with E-state index in [2.05, 4.69) is 26.2 Å². The van der Waals surface area contributed by atoms with E-state index in [0.717, 1.165) is 0 Å². The number of benzene rings is 4. The number of ether oxygens (including phenoxy) is 2. The number of fused-ring (bicyclic) bond motifs is 1. The summed E-state index contributed by atoms with van der Waals surface area (Å²) in [4.78, 5) is 69.7. The minimum absolute atomic E-state index is 0.00235. The lowest BCUT2D eigenvalue weighted by molar-refractivity contribution is -0.149. The van der Waals surface area contributed by atoms with Crippen molar-refractivity contribution >= 4 is 69.4 Å². The Hall–Kier alpha value is -7.07. The molecule has 4 amide bonds. The summed E-state index contributed by atoms with van der Waals surface area (Å²) in [7, 11) is 0. The molecule has 1 saturated heterocycles. The number of hydrogen-bond acceptors (Lipinski definition) is 11. The van der Waals surface area contributed by atoms with Crippen LogP contribution < -0.4 is 20.3 Å². The van der Waals surface area contributed by atoms with Crippen LogP contribution in [-0.2, 0) is 25.5 Å². The first kappa shape index (κ1) is 38.2. The molecular formula is C40H35ClN8O8. The summed E-state index contributed by atoms with van der Waals surface area (Å²) in [5, 5.41) is 17.6. The summed E-state index contributed by atoms with van der Waals surface area (Å²) in [6.45, 7) is 5.24. The van der Waals surface area contributed by atoms with E-state index >= 15 is 0 Å². The van der Waals surface area contributed by atoms with Crippen molar-refractivity contribution in [2.45, 2.75) is 38.8 Å². The van der Waals surface area contributed by atoms with Gasteiger partial charge >= 0.3 is 23.9 Å². The molecule has 17 heteroatoms. The number of anilines is 3. The molecule has 1 aliphatic rings. The Morgan fingerprint density at radius 1 is 0.860 bits per heavy atom. The highest BCUT2D eigenvalue weighted by Gasteiger charge is 2.41. The van der Waals surface area contributed by atoms with E-state index in [0.29, 0.717) is 50.1 Å². The summed E-state index contributed by atoms with van der Waals surface area (Å²) in [5.74, 6) is -2.65. The molecule has 0 spiro atoms. The third-order valence-corrected chi connectivity index (χ3v) is 8.96. The lowest BCUT2D eigenvalue weighted by Crippen LogP contribution is -2.60. The number of nitrogens with zero attached hydrogens (tertiary/aromatic N) is 6. The standard InChI is InChI=1S/C40H35ClN8O8/c1-40(2,3)57-38(53)34-21-25-20-28(14-16-33(25)56-34)43-35(50)32(19-24-9-12-27(13-10-24)44-39(54)55-29-7-5-4-6-8-29)48-18-17-47(36(51)37(48)52)31-22-26(41)11-15-30(31)49-23-42-45-46-49/h4-16,20-23,32H,17-19H2,1-3H3,(H,43,50)(H,44,54). The minimum Gasteiger partial charge on any atom is -0.454 e. The average molecular weight is 791 g/mol. The van der Waals surface area contributed by atoms with Gasteiger partial charge in [-0.1, -0.05) is 41.9 Å². The lowest BCUT2D eigenvalue weighted by atomic mass is 10.0. The van der Waals surface area contributed by atoms with Crippen molar-refractivity contribution in [1.82, 2.24) is 25.1 Å². The predicted molar refractivity (Wildman–Crippen MR) is 208 cm³/mol. The van der Waals surface area contributed by atoms with Crippen LogP contribution >= 0.6 is 11.6 Å². The first-order chi connectivity index (χ1) is 27.3. The molecule has 0 bridgehead atoms. The molecule has 2 N–H and O–H groups in total. The van der Waals surface area contributed by atoms with Crippen LogP contribution in [0.25, 0.3) is 16.7 Å². The van der Waals surface area contributed by atoms with Gasteiger partial charge in [0.1, 0.15) is 29.3 Å². The van der Waals surface area contributed by atoms with Gasteiger partial charge < -0.3 is 29.0 Å². The molecule has 0 saturated carbocycles. The van der Waals surface area contributed by atoms with Crippen molar-refractivity contribution < 1.29 is 37.9 Å².